The Morgan fingerprint density at radius 2 is 1.76 bits per heavy atom. The lowest BCUT2D eigenvalue weighted by Gasteiger charge is -2.13. The third-order valence-corrected chi connectivity index (χ3v) is 4.03. The molecule has 2 N–H and O–H groups in total. The number of nitrogens with one attached hydrogen (secondary N) is 2. The summed E-state index contributed by atoms with van der Waals surface area (Å²) < 4.78 is 12.3. The van der Waals surface area contributed by atoms with E-state index < -0.39 is 11.8 Å². The number of aldehydes is 1. The van der Waals surface area contributed by atoms with Crippen LogP contribution < -0.4 is 20.3 Å². The molecule has 0 radical (unpaired) electrons. The Kier molecular flexibility index (Phi) is 6.26. The average Bonchev–Trinajstić information content (AvgIpc) is 3.30. The minimum Gasteiger partial charge on any atom is -0.493 e. The zero-order chi connectivity index (χ0) is 20.6. The van der Waals surface area contributed by atoms with Gasteiger partial charge in [0, 0.05) is 18.0 Å². The summed E-state index contributed by atoms with van der Waals surface area (Å²) in [6.45, 7) is -0.351. The Bertz CT molecular complexity index is 1010. The van der Waals surface area contributed by atoms with E-state index in [-0.39, 0.29) is 6.61 Å². The molecule has 0 aliphatic heterocycles. The second-order valence-corrected chi connectivity index (χ2v) is 5.93. The molecule has 0 saturated carbocycles. The summed E-state index contributed by atoms with van der Waals surface area (Å²) in [4.78, 5) is 35.3. The zero-order valence-corrected chi connectivity index (χ0v) is 15.6. The highest BCUT2D eigenvalue weighted by molar-refractivity contribution is 5.98. The van der Waals surface area contributed by atoms with Crippen LogP contribution in [0.4, 0.5) is 0 Å². The van der Waals surface area contributed by atoms with E-state index in [1.807, 2.05) is 30.6 Å². The first kappa shape index (κ1) is 19.7. The normalized spacial score (nSPS) is 10.1. The highest BCUT2D eigenvalue weighted by atomic mass is 16.5. The fourth-order valence-corrected chi connectivity index (χ4v) is 2.64. The third kappa shape index (κ3) is 4.81. The van der Waals surface area contributed by atoms with Crippen LogP contribution in [0.5, 0.6) is 11.5 Å². The van der Waals surface area contributed by atoms with E-state index >= 15 is 0 Å². The van der Waals surface area contributed by atoms with Crippen LogP contribution in [0.3, 0.4) is 0 Å². The van der Waals surface area contributed by atoms with Crippen LogP contribution in [0.15, 0.2) is 67.0 Å². The third-order valence-electron chi connectivity index (χ3n) is 4.03. The van der Waals surface area contributed by atoms with Crippen molar-refractivity contribution in [3.8, 4) is 17.2 Å². The van der Waals surface area contributed by atoms with E-state index in [9.17, 15) is 14.4 Å². The number of nitrogens with zero attached hydrogens (tertiary/aromatic N) is 1. The predicted molar refractivity (Wildman–Crippen MR) is 105 cm³/mol. The van der Waals surface area contributed by atoms with Crippen LogP contribution in [0.25, 0.3) is 5.69 Å². The zero-order valence-electron chi connectivity index (χ0n) is 15.6. The Labute approximate surface area is 167 Å². The van der Waals surface area contributed by atoms with Crippen molar-refractivity contribution in [2.75, 3.05) is 13.7 Å². The number of amides is 2. The average molecular weight is 393 g/mol. The van der Waals surface area contributed by atoms with E-state index in [1.54, 1.807) is 28.8 Å². The van der Waals surface area contributed by atoms with Gasteiger partial charge in [-0.3, -0.25) is 25.2 Å². The van der Waals surface area contributed by atoms with Crippen LogP contribution in [0.2, 0.25) is 0 Å². The fourth-order valence-electron chi connectivity index (χ4n) is 2.64. The van der Waals surface area contributed by atoms with Gasteiger partial charge in [0.15, 0.2) is 18.1 Å². The summed E-state index contributed by atoms with van der Waals surface area (Å²) in [7, 11) is 1.43. The molecule has 29 heavy (non-hydrogen) atoms. The maximum Gasteiger partial charge on any atom is 0.276 e. The van der Waals surface area contributed by atoms with Crippen molar-refractivity contribution in [1.82, 2.24) is 15.4 Å². The van der Waals surface area contributed by atoms with Crippen molar-refractivity contribution in [2.45, 2.75) is 0 Å². The molecule has 3 aromatic rings. The van der Waals surface area contributed by atoms with E-state index in [2.05, 4.69) is 10.9 Å². The number of rotatable bonds is 7. The van der Waals surface area contributed by atoms with Crippen LogP contribution in [0, 0.1) is 0 Å². The van der Waals surface area contributed by atoms with Gasteiger partial charge in [-0.15, -0.1) is 0 Å². The summed E-state index contributed by atoms with van der Waals surface area (Å²) in [6, 6.07) is 15.3. The Morgan fingerprint density at radius 1 is 1.00 bits per heavy atom. The van der Waals surface area contributed by atoms with Gasteiger partial charge in [-0.1, -0.05) is 12.1 Å². The standard InChI is InChI=1S/C21H19N3O5/c1-28-19-12-15(13-25)8-9-18(19)29-14-20(26)22-23-21(27)16-6-2-3-7-17(16)24-10-4-5-11-24/h2-13H,14H2,1H3,(H,22,26)(H,23,27). The number of carbonyl (C=O) groups is 3. The Hall–Kier alpha value is -4.07. The van der Waals surface area contributed by atoms with Crippen LogP contribution in [-0.4, -0.2) is 36.4 Å². The maximum absolute atomic E-state index is 12.5. The number of ether oxygens (including phenoxy) is 2. The van der Waals surface area contributed by atoms with Gasteiger partial charge in [-0.2, -0.15) is 0 Å². The number of benzene rings is 2. The number of hydrogen-bond acceptors (Lipinski definition) is 5. The molecule has 0 bridgehead atoms. The summed E-state index contributed by atoms with van der Waals surface area (Å²) >= 11 is 0. The molecule has 8 nitrogen and oxygen atoms in total. The molecule has 0 saturated heterocycles. The minimum absolute atomic E-state index is 0.303. The van der Waals surface area contributed by atoms with Crippen molar-refractivity contribution in [3.05, 3.63) is 78.1 Å². The summed E-state index contributed by atoms with van der Waals surface area (Å²) in [5.41, 5.74) is 6.19. The number of hydrogen-bond donors (Lipinski definition) is 2. The summed E-state index contributed by atoms with van der Waals surface area (Å²) in [6.07, 6.45) is 4.32. The van der Waals surface area contributed by atoms with Gasteiger partial charge in [-0.05, 0) is 42.5 Å². The van der Waals surface area contributed by atoms with Crippen LogP contribution in [0.1, 0.15) is 20.7 Å². The van der Waals surface area contributed by atoms with Crippen LogP contribution >= 0.6 is 0 Å². The van der Waals surface area contributed by atoms with Crippen molar-refractivity contribution in [3.63, 3.8) is 0 Å². The van der Waals surface area contributed by atoms with Gasteiger partial charge in [-0.25, -0.2) is 0 Å². The molecule has 1 aromatic heterocycles. The maximum atomic E-state index is 12.5. The highest BCUT2D eigenvalue weighted by Gasteiger charge is 2.13. The molecule has 0 aliphatic rings. The molecule has 3 rings (SSSR count). The second-order valence-electron chi connectivity index (χ2n) is 5.93. The highest BCUT2D eigenvalue weighted by Crippen LogP contribution is 2.27. The molecule has 0 atom stereocenters. The quantitative estimate of drug-likeness (QED) is 0.473. The monoisotopic (exact) mass is 393 g/mol. The molecular formula is C21H19N3O5. The Morgan fingerprint density at radius 3 is 2.48 bits per heavy atom. The van der Waals surface area contributed by atoms with Crippen molar-refractivity contribution < 1.29 is 23.9 Å². The lowest BCUT2D eigenvalue weighted by molar-refractivity contribution is -0.123. The lowest BCUT2D eigenvalue weighted by atomic mass is 10.1. The number of aromatic nitrogens is 1. The molecule has 8 heteroatoms. The molecule has 0 aliphatic carbocycles. The van der Waals surface area contributed by atoms with Crippen molar-refractivity contribution >= 4 is 18.1 Å². The van der Waals surface area contributed by atoms with E-state index in [0.717, 1.165) is 0 Å². The van der Waals surface area contributed by atoms with Crippen molar-refractivity contribution in [2.24, 2.45) is 0 Å². The molecular weight excluding hydrogens is 374 g/mol. The molecule has 1 heterocycles. The van der Waals surface area contributed by atoms with Gasteiger partial charge in [0.05, 0.1) is 18.4 Å². The predicted octanol–water partition coefficient (Wildman–Crippen LogP) is 2.14. The SMILES string of the molecule is COc1cc(C=O)ccc1OCC(=O)NNC(=O)c1ccccc1-n1cccc1. The van der Waals surface area contributed by atoms with Gasteiger partial charge < -0.3 is 14.0 Å². The largest absolute Gasteiger partial charge is 0.493 e. The van der Waals surface area contributed by atoms with E-state index in [0.29, 0.717) is 34.6 Å². The number of carbonyl (C=O) groups excluding carboxylic acids is 3. The van der Waals surface area contributed by atoms with Crippen molar-refractivity contribution in [1.29, 1.82) is 0 Å². The first-order chi connectivity index (χ1) is 14.1. The smallest absolute Gasteiger partial charge is 0.276 e. The molecule has 0 fully saturated rings. The van der Waals surface area contributed by atoms with Crippen LogP contribution in [-0.2, 0) is 4.79 Å². The first-order valence-corrected chi connectivity index (χ1v) is 8.70. The molecule has 148 valence electrons. The van der Waals surface area contributed by atoms with Gasteiger partial charge in [0.25, 0.3) is 11.8 Å². The number of methoxy groups -OCH3 is 1. The lowest BCUT2D eigenvalue weighted by Crippen LogP contribution is -2.44. The van der Waals surface area contributed by atoms with Gasteiger partial charge >= 0.3 is 0 Å². The Balaban J connectivity index is 1.58. The molecule has 0 unspecified atom stereocenters. The summed E-state index contributed by atoms with van der Waals surface area (Å²) in [5, 5.41) is 0. The van der Waals surface area contributed by atoms with E-state index in [4.69, 9.17) is 9.47 Å². The first-order valence-electron chi connectivity index (χ1n) is 8.70. The fraction of sp³-hybridized carbons (Fsp3) is 0.0952. The van der Waals surface area contributed by atoms with Gasteiger partial charge in [0.1, 0.15) is 6.29 Å². The second kappa shape index (κ2) is 9.23. The number of para-hydroxylation sites is 1. The van der Waals surface area contributed by atoms with Gasteiger partial charge in [0.2, 0.25) is 0 Å². The number of hydrazine groups is 1. The molecule has 2 amide bonds. The topological polar surface area (TPSA) is 98.7 Å². The van der Waals surface area contributed by atoms with E-state index in [1.165, 1.54) is 19.2 Å². The summed E-state index contributed by atoms with van der Waals surface area (Å²) in [5.74, 6) is -0.390. The molecule has 0 spiro atoms. The molecule has 2 aromatic carbocycles. The minimum atomic E-state index is -0.557.